The summed E-state index contributed by atoms with van der Waals surface area (Å²) >= 11 is 0. The summed E-state index contributed by atoms with van der Waals surface area (Å²) in [5.74, 6) is 1.57. The van der Waals surface area contributed by atoms with E-state index in [4.69, 9.17) is 34.9 Å². The number of methoxy groups -OCH3 is 4. The number of hydrogen-bond donors (Lipinski definition) is 3. The largest absolute Gasteiger partial charge is 0.496 e. The number of aromatic nitrogens is 4. The van der Waals surface area contributed by atoms with E-state index in [0.717, 1.165) is 92.3 Å². The van der Waals surface area contributed by atoms with E-state index in [1.165, 1.54) is 5.56 Å². The Morgan fingerprint density at radius 3 is 1.35 bits per heavy atom. The molecule has 2 aromatic heterocycles. The molecule has 4 N–H and O–H groups in total. The zero-order chi connectivity index (χ0) is 50.1. The van der Waals surface area contributed by atoms with Gasteiger partial charge in [-0.2, -0.15) is 15.5 Å². The Balaban J connectivity index is 0.000000209. The maximum Gasteiger partial charge on any atom is 0.272 e. The van der Waals surface area contributed by atoms with Crippen LogP contribution >= 0.6 is 0 Å². The Bertz CT molecular complexity index is 2690. The molecule has 2 aliphatic carbocycles. The summed E-state index contributed by atoms with van der Waals surface area (Å²) < 4.78 is 26.5. The van der Waals surface area contributed by atoms with Gasteiger partial charge < -0.3 is 35.3 Å². The number of nitriles is 1. The van der Waals surface area contributed by atoms with Gasteiger partial charge in [-0.3, -0.25) is 23.7 Å². The molecule has 3 amide bonds. The maximum absolute atomic E-state index is 13.4. The zero-order valence-corrected chi connectivity index (χ0v) is 41.3. The third kappa shape index (κ3) is 13.2. The van der Waals surface area contributed by atoms with E-state index in [0.29, 0.717) is 47.2 Å². The average molecular weight is 963 g/mol. The van der Waals surface area contributed by atoms with Gasteiger partial charge in [0, 0.05) is 18.5 Å². The van der Waals surface area contributed by atoms with Crippen LogP contribution in [0.5, 0.6) is 23.0 Å². The van der Waals surface area contributed by atoms with Gasteiger partial charge in [-0.25, -0.2) is 0 Å². The van der Waals surface area contributed by atoms with Crippen LogP contribution in [0, 0.1) is 11.3 Å². The number of nitrogens with two attached hydrogens (primary N) is 1. The molecule has 2 fully saturated rings. The molecule has 0 aliphatic heterocycles. The molecule has 0 saturated heterocycles. The Labute approximate surface area is 416 Å². The standard InChI is InChI=1S/C28H34N4O4.C28H32N4O3/c1-35-24-13-8-14-25(36-2)27(24)23-18-22(31-32(23)21-11-6-7-12-21)28(34)30-20(17-26(29)33)16-15-19-9-4-3-5-10-19;1-34-25-13-8-14-26(35-2)27(25)24-19-23(31-32(24)22-11-6-7-12-22)28(33)30-21(17-18-29)16-15-20-9-4-3-5-10-20/h3-5,8-10,13-14,18,20-21H,6-7,11-12,15-17H2,1-2H3,(H2,29,33)(H,30,34);3-5,8-10,13-14,19,21-22H,6-7,11-12,15-17H2,1-2H3,(H,30,33)/t20-;21-/m00/s1. The second-order valence-electron chi connectivity index (χ2n) is 18.1. The highest BCUT2D eigenvalue weighted by molar-refractivity contribution is 5.95. The lowest BCUT2D eigenvalue weighted by atomic mass is 10.0. The smallest absolute Gasteiger partial charge is 0.272 e. The van der Waals surface area contributed by atoms with Crippen LogP contribution in [0.3, 0.4) is 0 Å². The van der Waals surface area contributed by atoms with Crippen molar-refractivity contribution in [3.63, 3.8) is 0 Å². The van der Waals surface area contributed by atoms with Crippen molar-refractivity contribution >= 4 is 17.7 Å². The molecule has 2 heterocycles. The predicted molar refractivity (Wildman–Crippen MR) is 273 cm³/mol. The maximum atomic E-state index is 13.4. The second-order valence-corrected chi connectivity index (χ2v) is 18.1. The van der Waals surface area contributed by atoms with Gasteiger partial charge in [-0.05, 0) is 98.9 Å². The van der Waals surface area contributed by atoms with Crippen LogP contribution in [0.2, 0.25) is 0 Å². The minimum atomic E-state index is -0.454. The quantitative estimate of drug-likeness (QED) is 0.0625. The van der Waals surface area contributed by atoms with Crippen LogP contribution in [0.4, 0.5) is 0 Å². The number of primary amides is 1. The van der Waals surface area contributed by atoms with E-state index in [1.807, 2.05) is 100 Å². The summed E-state index contributed by atoms with van der Waals surface area (Å²) in [4.78, 5) is 38.4. The molecular formula is C56H66N8O7. The zero-order valence-electron chi connectivity index (χ0n) is 41.3. The number of rotatable bonds is 21. The van der Waals surface area contributed by atoms with Crippen molar-refractivity contribution in [3.05, 3.63) is 132 Å². The van der Waals surface area contributed by atoms with Gasteiger partial charge in [0.1, 0.15) is 23.0 Å². The Kier molecular flexibility index (Phi) is 18.3. The first-order valence-electron chi connectivity index (χ1n) is 24.6. The highest BCUT2D eigenvalue weighted by atomic mass is 16.5. The molecule has 15 heteroatoms. The first-order chi connectivity index (χ1) is 34.6. The summed E-state index contributed by atoms with van der Waals surface area (Å²) in [6.07, 6.45) is 11.6. The molecule has 2 saturated carbocycles. The fourth-order valence-electron chi connectivity index (χ4n) is 9.74. The number of carbonyl (C=O) groups excluding carboxylic acids is 3. The van der Waals surface area contributed by atoms with Gasteiger partial charge in [0.2, 0.25) is 5.91 Å². The summed E-state index contributed by atoms with van der Waals surface area (Å²) in [7, 11) is 6.48. The third-order valence-corrected chi connectivity index (χ3v) is 13.4. The molecule has 0 spiro atoms. The molecule has 71 heavy (non-hydrogen) atoms. The van der Waals surface area contributed by atoms with E-state index in [2.05, 4.69) is 28.8 Å². The SMILES string of the molecule is COc1cccc(OC)c1-c1cc(C(=O)N[C@@H](CCc2ccccc2)CC(N)=O)nn1C1CCCC1.COc1cccc(OC)c1-c1cc(C(=O)N[C@H](CC#N)CCc2ccccc2)nn1C1CCCC1. The van der Waals surface area contributed by atoms with Crippen molar-refractivity contribution in [1.29, 1.82) is 5.26 Å². The molecule has 2 atom stereocenters. The van der Waals surface area contributed by atoms with Crippen LogP contribution in [0.1, 0.15) is 121 Å². The number of benzene rings is 4. The van der Waals surface area contributed by atoms with Crippen LogP contribution in [-0.4, -0.2) is 77.8 Å². The molecule has 6 aromatic rings. The average Bonchev–Trinajstić information content (AvgIpc) is 4.26. The molecular weight excluding hydrogens is 897 g/mol. The second kappa shape index (κ2) is 25.3. The van der Waals surface area contributed by atoms with Crippen molar-refractivity contribution in [1.82, 2.24) is 30.2 Å². The Morgan fingerprint density at radius 2 is 0.986 bits per heavy atom. The van der Waals surface area contributed by atoms with Gasteiger partial charge >= 0.3 is 0 Å². The van der Waals surface area contributed by atoms with Gasteiger partial charge in [0.15, 0.2) is 11.4 Å². The van der Waals surface area contributed by atoms with Crippen LogP contribution in [0.25, 0.3) is 22.5 Å². The van der Waals surface area contributed by atoms with E-state index >= 15 is 0 Å². The fraction of sp³-hybridized carbons (Fsp3) is 0.393. The van der Waals surface area contributed by atoms with Crippen LogP contribution < -0.4 is 35.3 Å². The summed E-state index contributed by atoms with van der Waals surface area (Å²) in [6, 6.07) is 36.9. The highest BCUT2D eigenvalue weighted by Gasteiger charge is 2.30. The lowest BCUT2D eigenvalue weighted by molar-refractivity contribution is -0.118. The predicted octanol–water partition coefficient (Wildman–Crippen LogP) is 9.62. The molecule has 0 radical (unpaired) electrons. The van der Waals surface area contributed by atoms with Crippen molar-refractivity contribution < 1.29 is 33.3 Å². The summed E-state index contributed by atoms with van der Waals surface area (Å²) in [5, 5.41) is 24.9. The third-order valence-electron chi connectivity index (χ3n) is 13.4. The molecule has 372 valence electrons. The van der Waals surface area contributed by atoms with Crippen molar-refractivity contribution in [2.24, 2.45) is 5.73 Å². The first-order valence-corrected chi connectivity index (χ1v) is 24.6. The number of ether oxygens (including phenoxy) is 4. The minimum absolute atomic E-state index is 0.0646. The summed E-state index contributed by atoms with van der Waals surface area (Å²) in [5.41, 5.74) is 11.6. The number of hydrogen-bond acceptors (Lipinski definition) is 10. The lowest BCUT2D eigenvalue weighted by Crippen LogP contribution is -2.38. The number of amides is 3. The number of carbonyl (C=O) groups is 3. The van der Waals surface area contributed by atoms with Crippen molar-refractivity contribution in [3.8, 4) is 51.6 Å². The Hall–Kier alpha value is -7.60. The van der Waals surface area contributed by atoms with Crippen LogP contribution in [0.15, 0.2) is 109 Å². The van der Waals surface area contributed by atoms with E-state index in [1.54, 1.807) is 34.5 Å². The van der Waals surface area contributed by atoms with Gasteiger partial charge in [0.25, 0.3) is 11.8 Å². The Morgan fingerprint density at radius 1 is 0.606 bits per heavy atom. The lowest BCUT2D eigenvalue weighted by Gasteiger charge is -2.18. The fourth-order valence-corrected chi connectivity index (χ4v) is 9.74. The monoisotopic (exact) mass is 963 g/mol. The number of nitrogens with one attached hydrogen (secondary N) is 2. The molecule has 0 unspecified atom stereocenters. The number of nitrogens with zero attached hydrogens (tertiary/aromatic N) is 5. The van der Waals surface area contributed by atoms with Gasteiger partial charge in [-0.15, -0.1) is 0 Å². The van der Waals surface area contributed by atoms with Gasteiger partial charge in [0.05, 0.1) is 75.5 Å². The number of aryl methyl sites for hydroxylation is 2. The molecule has 15 nitrogen and oxygen atoms in total. The van der Waals surface area contributed by atoms with Crippen LogP contribution in [-0.2, 0) is 17.6 Å². The van der Waals surface area contributed by atoms with Crippen molar-refractivity contribution in [2.45, 2.75) is 114 Å². The summed E-state index contributed by atoms with van der Waals surface area (Å²) in [6.45, 7) is 0. The van der Waals surface area contributed by atoms with E-state index in [9.17, 15) is 19.6 Å². The minimum Gasteiger partial charge on any atom is -0.496 e. The molecule has 8 rings (SSSR count). The van der Waals surface area contributed by atoms with E-state index < -0.39 is 11.9 Å². The highest BCUT2D eigenvalue weighted by Crippen LogP contribution is 2.43. The van der Waals surface area contributed by atoms with E-state index in [-0.39, 0.29) is 42.8 Å². The molecule has 2 aliphatic rings. The normalized spacial score (nSPS) is 14.4. The molecule has 4 aromatic carbocycles. The topological polar surface area (TPSA) is 198 Å². The first kappa shape index (κ1) is 51.3. The van der Waals surface area contributed by atoms with Crippen molar-refractivity contribution in [2.75, 3.05) is 28.4 Å². The van der Waals surface area contributed by atoms with Gasteiger partial charge in [-0.1, -0.05) is 98.5 Å². The molecule has 0 bridgehead atoms.